The molecule has 0 radical (unpaired) electrons. The van der Waals surface area contributed by atoms with Crippen LogP contribution in [0.1, 0.15) is 23.6 Å². The van der Waals surface area contributed by atoms with Gasteiger partial charge in [-0.15, -0.1) is 0 Å². The lowest BCUT2D eigenvalue weighted by atomic mass is 9.86. The van der Waals surface area contributed by atoms with Crippen LogP contribution in [0, 0.1) is 41.5 Å². The largest absolute Gasteiger partial charge is 0.394 e. The number of halogens is 7. The molecule has 0 spiro atoms. The third kappa shape index (κ3) is 5.81. The van der Waals surface area contributed by atoms with Crippen molar-refractivity contribution in [3.05, 3.63) is 122 Å². The minimum atomic E-state index is -2.68. The van der Waals surface area contributed by atoms with E-state index in [1.54, 1.807) is 6.07 Å². The molecular weight excluding hydrogens is 811 g/mol. The van der Waals surface area contributed by atoms with E-state index in [-0.39, 0.29) is 45.2 Å². The normalized spacial score (nSPS) is 21.5. The van der Waals surface area contributed by atoms with Crippen LogP contribution in [0.25, 0.3) is 27.9 Å². The van der Waals surface area contributed by atoms with E-state index in [1.807, 2.05) is 0 Å². The lowest BCUT2D eigenvalue weighted by Crippen LogP contribution is -2.68. The minimum absolute atomic E-state index is 0.0436. The Labute approximate surface area is 315 Å². The van der Waals surface area contributed by atoms with Crippen molar-refractivity contribution in [3.63, 3.8) is 0 Å². The summed E-state index contributed by atoms with van der Waals surface area (Å²) in [6.45, 7) is 0.694. The van der Waals surface area contributed by atoms with Crippen molar-refractivity contribution in [1.29, 1.82) is 5.26 Å². The summed E-state index contributed by atoms with van der Waals surface area (Å²) in [5.74, 6) is -5.49. The predicted molar refractivity (Wildman–Crippen MR) is 184 cm³/mol. The number of nitrogens with zero attached hydrogens (tertiary/aromatic N) is 8. The zero-order valence-corrected chi connectivity index (χ0v) is 30.0. The van der Waals surface area contributed by atoms with Gasteiger partial charge in [0, 0.05) is 45.5 Å². The molecule has 3 N–H and O–H groups in total. The summed E-state index contributed by atoms with van der Waals surface area (Å²) in [4.78, 5) is 4.61. The van der Waals surface area contributed by atoms with Crippen molar-refractivity contribution in [2.45, 2.75) is 37.0 Å². The van der Waals surface area contributed by atoms with Crippen molar-refractivity contribution in [1.82, 2.24) is 34.3 Å². The number of rotatable bonds is 7. The summed E-state index contributed by atoms with van der Waals surface area (Å²) in [6, 6.07) is 11.4. The Morgan fingerprint density at radius 1 is 0.943 bits per heavy atom. The Bertz CT molecular complexity index is 2460. The average Bonchev–Trinajstić information content (AvgIpc) is 3.91. The van der Waals surface area contributed by atoms with Gasteiger partial charge < -0.3 is 20.1 Å². The van der Waals surface area contributed by atoms with Crippen molar-refractivity contribution >= 4 is 39.1 Å². The van der Waals surface area contributed by atoms with Crippen LogP contribution in [0.3, 0.4) is 0 Å². The molecule has 4 atom stereocenters. The van der Waals surface area contributed by atoms with E-state index in [0.29, 0.717) is 4.47 Å². The van der Waals surface area contributed by atoms with Gasteiger partial charge in [-0.25, -0.2) is 36.6 Å². The first kappa shape index (κ1) is 36.7. The SMILES string of the molecule is Cc1nc(C2(n3cc(-c4ccc(Cl)c(F)c4F)cn3)O[C@@H](CO)[C@@H](O)C[C@@]2(O)n2cc(-c3ccc(Cl)c(F)c3F)cn2)n(-c2cc(Br)ccc2C#N)n1. The average molecular weight is 834 g/mol. The van der Waals surface area contributed by atoms with Crippen LogP contribution in [0.5, 0.6) is 0 Å². The zero-order valence-electron chi connectivity index (χ0n) is 26.9. The number of hydrogen-bond acceptors (Lipinski definition) is 9. The minimum Gasteiger partial charge on any atom is -0.394 e. The molecule has 3 aromatic carbocycles. The Morgan fingerprint density at radius 2 is 1.53 bits per heavy atom. The highest BCUT2D eigenvalue weighted by molar-refractivity contribution is 9.10. The molecule has 0 saturated carbocycles. The molecule has 0 aliphatic carbocycles. The van der Waals surface area contributed by atoms with E-state index in [1.165, 1.54) is 42.1 Å². The number of nitriles is 1. The first-order valence-corrected chi connectivity index (χ1v) is 17.0. The molecule has 53 heavy (non-hydrogen) atoms. The van der Waals surface area contributed by atoms with Gasteiger partial charge in [0.05, 0.1) is 46.4 Å². The fourth-order valence-electron chi connectivity index (χ4n) is 6.31. The molecule has 3 aromatic heterocycles. The van der Waals surface area contributed by atoms with Gasteiger partial charge in [-0.2, -0.15) is 20.6 Å². The molecule has 7 rings (SSSR count). The standard InChI is InChI=1S/C34H23BrCl2F4N8O4/c1-16-45-32(49(46-16)25-8-20(35)3-2-17(25)10-42)34(48-14-19(12-44-48)22-5-7-24(37)31(41)29(22)39)33(52,9-26(51)27(15-50)53-34)47-13-18(11-43-47)21-4-6-23(36)30(40)28(21)38/h2-8,11-14,26-27,50-52H,9,15H2,1H3/t26-,27-,33-,34?/m0/s1. The van der Waals surface area contributed by atoms with Gasteiger partial charge in [0.2, 0.25) is 5.72 Å². The second kappa shape index (κ2) is 13.6. The van der Waals surface area contributed by atoms with Crippen LogP contribution in [-0.4, -0.2) is 68.5 Å². The van der Waals surface area contributed by atoms with Crippen molar-refractivity contribution in [2.75, 3.05) is 6.61 Å². The fraction of sp³-hybridized carbons (Fsp3) is 0.206. The van der Waals surface area contributed by atoms with E-state index in [9.17, 15) is 29.4 Å². The predicted octanol–water partition coefficient (Wildman–Crippen LogP) is 5.99. The quantitative estimate of drug-likeness (QED) is 0.130. The van der Waals surface area contributed by atoms with Gasteiger partial charge in [0.1, 0.15) is 18.0 Å². The van der Waals surface area contributed by atoms with E-state index < -0.39 is 70.0 Å². The van der Waals surface area contributed by atoms with Crippen molar-refractivity contribution in [3.8, 4) is 34.0 Å². The number of hydrogen-bond donors (Lipinski definition) is 3. The summed E-state index contributed by atoms with van der Waals surface area (Å²) < 4.78 is 69.7. The van der Waals surface area contributed by atoms with Gasteiger partial charge in [-0.1, -0.05) is 39.1 Å². The summed E-state index contributed by atoms with van der Waals surface area (Å²) in [5.41, 5.74) is -5.69. The molecule has 1 aliphatic heterocycles. The third-order valence-corrected chi connectivity index (χ3v) is 9.93. The Morgan fingerprint density at radius 3 is 2.11 bits per heavy atom. The van der Waals surface area contributed by atoms with E-state index in [2.05, 4.69) is 42.3 Å². The Hall–Kier alpha value is -4.67. The molecule has 1 fully saturated rings. The molecule has 19 heteroatoms. The Kier molecular flexibility index (Phi) is 9.43. The number of aliphatic hydroxyl groups excluding tert-OH is 2. The van der Waals surface area contributed by atoms with Gasteiger partial charge in [0.15, 0.2) is 29.1 Å². The van der Waals surface area contributed by atoms with Crippen LogP contribution in [0.15, 0.2) is 71.7 Å². The Balaban J connectivity index is 1.55. The molecule has 4 heterocycles. The summed E-state index contributed by atoms with van der Waals surface area (Å²) >= 11 is 15.0. The monoisotopic (exact) mass is 832 g/mol. The molecule has 1 aliphatic rings. The molecule has 1 unspecified atom stereocenters. The van der Waals surface area contributed by atoms with E-state index in [0.717, 1.165) is 40.1 Å². The van der Waals surface area contributed by atoms with Crippen LogP contribution in [-0.2, 0) is 16.2 Å². The molecule has 1 saturated heterocycles. The molecule has 0 bridgehead atoms. The fourth-order valence-corrected chi connectivity index (χ4v) is 6.95. The molecule has 12 nitrogen and oxygen atoms in total. The number of aromatic nitrogens is 7. The second-order valence-corrected chi connectivity index (χ2v) is 13.8. The van der Waals surface area contributed by atoms with Gasteiger partial charge in [-0.05, 0) is 49.4 Å². The lowest BCUT2D eigenvalue weighted by Gasteiger charge is -2.51. The van der Waals surface area contributed by atoms with E-state index >= 15 is 8.78 Å². The first-order chi connectivity index (χ1) is 25.2. The summed E-state index contributed by atoms with van der Waals surface area (Å²) in [6.07, 6.45) is 0.803. The van der Waals surface area contributed by atoms with Crippen LogP contribution in [0.2, 0.25) is 10.0 Å². The van der Waals surface area contributed by atoms with E-state index in [4.69, 9.17) is 27.9 Å². The number of aliphatic hydroxyl groups is 3. The number of ether oxygens (including phenoxy) is 1. The molecule has 6 aromatic rings. The lowest BCUT2D eigenvalue weighted by molar-refractivity contribution is -0.338. The van der Waals surface area contributed by atoms with Gasteiger partial charge in [0.25, 0.3) is 5.72 Å². The van der Waals surface area contributed by atoms with Gasteiger partial charge in [-0.3, -0.25) is 0 Å². The highest BCUT2D eigenvalue weighted by Crippen LogP contribution is 2.50. The topological polar surface area (TPSA) is 160 Å². The molecular formula is C34H23BrCl2F4N8O4. The number of benzene rings is 3. The first-order valence-electron chi connectivity index (χ1n) is 15.4. The van der Waals surface area contributed by atoms with Crippen LogP contribution in [0.4, 0.5) is 17.6 Å². The van der Waals surface area contributed by atoms with Crippen LogP contribution < -0.4 is 0 Å². The highest BCUT2D eigenvalue weighted by atomic mass is 79.9. The third-order valence-electron chi connectivity index (χ3n) is 8.85. The maximum Gasteiger partial charge on any atom is 0.272 e. The summed E-state index contributed by atoms with van der Waals surface area (Å²) in [7, 11) is 0. The maximum absolute atomic E-state index is 15.3. The van der Waals surface area contributed by atoms with Crippen molar-refractivity contribution < 1.29 is 37.6 Å². The van der Waals surface area contributed by atoms with Crippen LogP contribution >= 0.6 is 39.1 Å². The summed E-state index contributed by atoms with van der Waals surface area (Å²) in [5, 5.41) is 57.2. The number of aryl methyl sites for hydroxylation is 1. The molecule has 0 amide bonds. The second-order valence-electron chi connectivity index (χ2n) is 12.0. The zero-order chi connectivity index (χ0) is 38.0. The molecule has 272 valence electrons. The van der Waals surface area contributed by atoms with Gasteiger partial charge >= 0.3 is 0 Å². The maximum atomic E-state index is 15.3. The van der Waals surface area contributed by atoms with Crippen molar-refractivity contribution in [2.24, 2.45) is 0 Å². The highest BCUT2D eigenvalue weighted by Gasteiger charge is 2.66. The smallest absolute Gasteiger partial charge is 0.272 e.